The number of nitrogens with zero attached hydrogens (tertiary/aromatic N) is 1. The molecule has 4 heteroatoms. The van der Waals surface area contributed by atoms with Gasteiger partial charge in [0, 0.05) is 25.6 Å². The second kappa shape index (κ2) is 6.49. The van der Waals surface area contributed by atoms with Crippen molar-refractivity contribution < 1.29 is 9.90 Å². The molecule has 4 nitrogen and oxygen atoms in total. The van der Waals surface area contributed by atoms with Crippen LogP contribution in [-0.2, 0) is 4.79 Å². The first-order valence-electron chi connectivity index (χ1n) is 3.97. The molecule has 0 unspecified atom stereocenters. The molecule has 0 atom stereocenters. The number of aromatic hydroxyl groups is 1. The number of phenolic OH excluding ortho intramolecular Hbond substituents is 1. The Bertz CT molecular complexity index is 342. The number of phenols is 1. The molecule has 0 saturated carbocycles. The maximum atomic E-state index is 10.5. The molecule has 1 aromatic rings. The minimum absolute atomic E-state index is 0.143. The van der Waals surface area contributed by atoms with Crippen LogP contribution in [0.5, 0.6) is 5.75 Å². The number of anilines is 1. The first-order chi connectivity index (χ1) is 6.60. The molecule has 1 amide bonds. The topological polar surface area (TPSA) is 73.1 Å². The largest absolute Gasteiger partial charge is 0.508 e. The van der Waals surface area contributed by atoms with Crippen molar-refractivity contribution in [2.45, 2.75) is 13.8 Å². The van der Waals surface area contributed by atoms with E-state index in [9.17, 15) is 4.79 Å². The molecule has 0 radical (unpaired) electrons. The first-order valence-corrected chi connectivity index (χ1v) is 3.97. The van der Waals surface area contributed by atoms with E-state index in [1.165, 1.54) is 19.9 Å². The normalized spacial score (nSPS) is 7.79. The van der Waals surface area contributed by atoms with E-state index in [1.54, 1.807) is 24.3 Å². The SMILES string of the molecule is CC#N.CC(=O)Nc1cccc(O)c1. The molecule has 0 fully saturated rings. The van der Waals surface area contributed by atoms with Gasteiger partial charge in [0.15, 0.2) is 0 Å². The fraction of sp³-hybridized carbons (Fsp3) is 0.200. The van der Waals surface area contributed by atoms with Gasteiger partial charge < -0.3 is 10.4 Å². The highest BCUT2D eigenvalue weighted by atomic mass is 16.3. The molecule has 0 bridgehead atoms. The van der Waals surface area contributed by atoms with E-state index < -0.39 is 0 Å². The molecule has 0 aliphatic heterocycles. The smallest absolute Gasteiger partial charge is 0.221 e. The fourth-order valence-corrected chi connectivity index (χ4v) is 0.787. The summed E-state index contributed by atoms with van der Waals surface area (Å²) >= 11 is 0. The summed E-state index contributed by atoms with van der Waals surface area (Å²) in [5, 5.41) is 18.8. The van der Waals surface area contributed by atoms with Gasteiger partial charge in [-0.2, -0.15) is 5.26 Å². The zero-order valence-corrected chi connectivity index (χ0v) is 8.11. The van der Waals surface area contributed by atoms with Crippen LogP contribution in [0.4, 0.5) is 5.69 Å². The molecule has 0 heterocycles. The van der Waals surface area contributed by atoms with Crippen LogP contribution in [0, 0.1) is 11.3 Å². The molecule has 1 rings (SSSR count). The van der Waals surface area contributed by atoms with Gasteiger partial charge >= 0.3 is 0 Å². The molecule has 0 aliphatic carbocycles. The summed E-state index contributed by atoms with van der Waals surface area (Å²) in [4.78, 5) is 10.5. The van der Waals surface area contributed by atoms with E-state index in [0.717, 1.165) is 0 Å². The van der Waals surface area contributed by atoms with Crippen molar-refractivity contribution in [3.63, 3.8) is 0 Å². The summed E-state index contributed by atoms with van der Waals surface area (Å²) in [7, 11) is 0. The summed E-state index contributed by atoms with van der Waals surface area (Å²) in [5.41, 5.74) is 0.609. The lowest BCUT2D eigenvalue weighted by molar-refractivity contribution is -0.114. The third-order valence-electron chi connectivity index (χ3n) is 1.17. The van der Waals surface area contributed by atoms with Crippen LogP contribution in [0.15, 0.2) is 24.3 Å². The minimum atomic E-state index is -0.143. The molecule has 14 heavy (non-hydrogen) atoms. The molecular weight excluding hydrogens is 180 g/mol. The average molecular weight is 192 g/mol. The Morgan fingerprint density at radius 2 is 2.14 bits per heavy atom. The van der Waals surface area contributed by atoms with Gasteiger partial charge in [0.2, 0.25) is 5.91 Å². The molecule has 0 spiro atoms. The number of nitrogens with one attached hydrogen (secondary N) is 1. The van der Waals surface area contributed by atoms with Crippen LogP contribution in [0.2, 0.25) is 0 Å². The van der Waals surface area contributed by atoms with Crippen LogP contribution in [0.25, 0.3) is 0 Å². The van der Waals surface area contributed by atoms with Crippen molar-refractivity contribution in [1.82, 2.24) is 0 Å². The second-order valence-electron chi connectivity index (χ2n) is 2.46. The van der Waals surface area contributed by atoms with Crippen molar-refractivity contribution in [2.75, 3.05) is 5.32 Å². The van der Waals surface area contributed by atoms with E-state index in [4.69, 9.17) is 10.4 Å². The maximum absolute atomic E-state index is 10.5. The first kappa shape index (κ1) is 12.0. The lowest BCUT2D eigenvalue weighted by atomic mass is 10.3. The van der Waals surface area contributed by atoms with Crippen LogP contribution in [0.1, 0.15) is 13.8 Å². The highest BCUT2D eigenvalue weighted by molar-refractivity contribution is 5.88. The molecule has 74 valence electrons. The summed E-state index contributed by atoms with van der Waals surface area (Å²) in [6.45, 7) is 2.85. The summed E-state index contributed by atoms with van der Waals surface area (Å²) < 4.78 is 0. The van der Waals surface area contributed by atoms with Crippen molar-refractivity contribution >= 4 is 11.6 Å². The average Bonchev–Trinajstić information content (AvgIpc) is 2.03. The highest BCUT2D eigenvalue weighted by Gasteiger charge is 1.94. The van der Waals surface area contributed by atoms with E-state index in [2.05, 4.69) is 5.32 Å². The number of carbonyl (C=O) groups excluding carboxylic acids is 1. The van der Waals surface area contributed by atoms with Crippen LogP contribution in [0.3, 0.4) is 0 Å². The Balaban J connectivity index is 0.000000500. The van der Waals surface area contributed by atoms with E-state index in [0.29, 0.717) is 5.69 Å². The van der Waals surface area contributed by atoms with E-state index in [1.807, 2.05) is 0 Å². The minimum Gasteiger partial charge on any atom is -0.508 e. The Kier molecular flexibility index (Phi) is 5.55. The highest BCUT2D eigenvalue weighted by Crippen LogP contribution is 2.14. The van der Waals surface area contributed by atoms with Crippen molar-refractivity contribution in [3.05, 3.63) is 24.3 Å². The fourth-order valence-electron chi connectivity index (χ4n) is 0.787. The summed E-state index contributed by atoms with van der Waals surface area (Å²) in [6.07, 6.45) is 0. The Labute approximate surface area is 82.8 Å². The predicted molar refractivity (Wildman–Crippen MR) is 53.7 cm³/mol. The number of nitriles is 1. The quantitative estimate of drug-likeness (QED) is 0.713. The van der Waals surface area contributed by atoms with Gasteiger partial charge in [0.1, 0.15) is 5.75 Å². The molecular formula is C10H12N2O2. The number of amides is 1. The lowest BCUT2D eigenvalue weighted by Gasteiger charge is -2.00. The van der Waals surface area contributed by atoms with Gasteiger partial charge in [-0.05, 0) is 12.1 Å². The third kappa shape index (κ3) is 5.61. The molecule has 0 aromatic heterocycles. The zero-order valence-electron chi connectivity index (χ0n) is 8.11. The number of carbonyl (C=O) groups is 1. The Morgan fingerprint density at radius 3 is 2.57 bits per heavy atom. The van der Waals surface area contributed by atoms with Gasteiger partial charge in [-0.15, -0.1) is 0 Å². The van der Waals surface area contributed by atoms with Crippen molar-refractivity contribution in [1.29, 1.82) is 5.26 Å². The van der Waals surface area contributed by atoms with Crippen LogP contribution >= 0.6 is 0 Å². The molecule has 1 aromatic carbocycles. The number of hydrogen-bond acceptors (Lipinski definition) is 3. The molecule has 2 N–H and O–H groups in total. The monoisotopic (exact) mass is 192 g/mol. The number of hydrogen-bond donors (Lipinski definition) is 2. The van der Waals surface area contributed by atoms with Gasteiger partial charge in [-0.3, -0.25) is 4.79 Å². The zero-order chi connectivity index (χ0) is 11.0. The maximum Gasteiger partial charge on any atom is 0.221 e. The van der Waals surface area contributed by atoms with Crippen LogP contribution in [-0.4, -0.2) is 11.0 Å². The molecule has 0 saturated heterocycles. The van der Waals surface area contributed by atoms with Crippen molar-refractivity contribution in [3.8, 4) is 11.8 Å². The third-order valence-corrected chi connectivity index (χ3v) is 1.17. The van der Waals surface area contributed by atoms with Gasteiger partial charge in [0.25, 0.3) is 0 Å². The summed E-state index contributed by atoms with van der Waals surface area (Å²) in [5.74, 6) is 0.00634. The second-order valence-corrected chi connectivity index (χ2v) is 2.46. The lowest BCUT2D eigenvalue weighted by Crippen LogP contribution is -2.04. The summed E-state index contributed by atoms with van der Waals surface area (Å²) in [6, 6.07) is 8.16. The van der Waals surface area contributed by atoms with Gasteiger partial charge in [-0.25, -0.2) is 0 Å². The Hall–Kier alpha value is -2.02. The Morgan fingerprint density at radius 1 is 1.57 bits per heavy atom. The van der Waals surface area contributed by atoms with Gasteiger partial charge in [0.05, 0.1) is 6.07 Å². The standard InChI is InChI=1S/C8H9NO2.C2H3N/c1-6(10)9-7-3-2-4-8(11)5-7;1-2-3/h2-5,11H,1H3,(H,9,10);1H3. The number of rotatable bonds is 1. The van der Waals surface area contributed by atoms with Crippen molar-refractivity contribution in [2.24, 2.45) is 0 Å². The predicted octanol–water partition coefficient (Wildman–Crippen LogP) is 1.88. The number of benzene rings is 1. The molecule has 0 aliphatic rings. The van der Waals surface area contributed by atoms with Gasteiger partial charge in [-0.1, -0.05) is 6.07 Å². The van der Waals surface area contributed by atoms with E-state index in [-0.39, 0.29) is 11.7 Å². The van der Waals surface area contributed by atoms with E-state index >= 15 is 0 Å². The van der Waals surface area contributed by atoms with Crippen LogP contribution < -0.4 is 5.32 Å².